The number of nitro groups is 1. The second-order valence-corrected chi connectivity index (χ2v) is 8.29. The zero-order chi connectivity index (χ0) is 19.5. The molecule has 3 N–H and O–H groups in total. The lowest BCUT2D eigenvalue weighted by Gasteiger charge is -2.31. The molecule has 1 unspecified atom stereocenters. The first-order chi connectivity index (χ1) is 12.2. The smallest absolute Gasteiger partial charge is 0.292 e. The van der Waals surface area contributed by atoms with E-state index in [1.165, 1.54) is 24.2 Å². The molecule has 0 bridgehead atoms. The quantitative estimate of drug-likeness (QED) is 0.522. The van der Waals surface area contributed by atoms with Crippen molar-refractivity contribution in [2.45, 2.75) is 31.6 Å². The molecule has 0 spiro atoms. The molecular formula is C16H25ClN4O5S. The van der Waals surface area contributed by atoms with Gasteiger partial charge in [-0.05, 0) is 32.3 Å². The van der Waals surface area contributed by atoms with Gasteiger partial charge in [0.05, 0.1) is 10.8 Å². The number of aryl methyl sites for hydroxylation is 2. The zero-order valence-corrected chi connectivity index (χ0v) is 16.9. The summed E-state index contributed by atoms with van der Waals surface area (Å²) < 4.78 is 27.5. The minimum absolute atomic E-state index is 0. The van der Waals surface area contributed by atoms with Crippen molar-refractivity contribution in [2.75, 3.05) is 26.2 Å². The summed E-state index contributed by atoms with van der Waals surface area (Å²) in [5.41, 5.74) is 5.57. The van der Waals surface area contributed by atoms with E-state index < -0.39 is 26.6 Å². The summed E-state index contributed by atoms with van der Waals surface area (Å²) in [7, 11) is -4.09. The first-order valence-corrected chi connectivity index (χ1v) is 9.86. The van der Waals surface area contributed by atoms with Crippen molar-refractivity contribution in [3.63, 3.8) is 0 Å². The maximum absolute atomic E-state index is 13.1. The Hall–Kier alpha value is -1.75. The van der Waals surface area contributed by atoms with Gasteiger partial charge in [-0.25, -0.2) is 8.42 Å². The Morgan fingerprint density at radius 3 is 2.59 bits per heavy atom. The summed E-state index contributed by atoms with van der Waals surface area (Å²) in [6.45, 7) is 3.90. The third kappa shape index (κ3) is 4.95. The predicted octanol–water partition coefficient (Wildman–Crippen LogP) is 1.11. The van der Waals surface area contributed by atoms with Crippen LogP contribution in [0, 0.1) is 29.9 Å². The van der Waals surface area contributed by atoms with Crippen LogP contribution < -0.4 is 11.1 Å². The summed E-state index contributed by atoms with van der Waals surface area (Å²) in [5, 5.41) is 14.1. The Kier molecular flexibility index (Phi) is 8.15. The van der Waals surface area contributed by atoms with Gasteiger partial charge >= 0.3 is 0 Å². The maximum Gasteiger partial charge on any atom is 0.292 e. The van der Waals surface area contributed by atoms with E-state index in [0.717, 1.165) is 0 Å². The third-order valence-electron chi connectivity index (χ3n) is 4.51. The van der Waals surface area contributed by atoms with Crippen LogP contribution >= 0.6 is 12.4 Å². The third-order valence-corrected chi connectivity index (χ3v) is 6.55. The molecule has 0 aliphatic carbocycles. The molecule has 1 fully saturated rings. The number of piperidine rings is 1. The first-order valence-electron chi connectivity index (χ1n) is 8.42. The van der Waals surface area contributed by atoms with Crippen LogP contribution in [0.5, 0.6) is 0 Å². The van der Waals surface area contributed by atoms with Crippen molar-refractivity contribution in [1.82, 2.24) is 9.62 Å². The van der Waals surface area contributed by atoms with Gasteiger partial charge in [-0.2, -0.15) is 4.31 Å². The van der Waals surface area contributed by atoms with Crippen molar-refractivity contribution in [3.8, 4) is 0 Å². The number of amides is 1. The number of rotatable bonds is 6. The van der Waals surface area contributed by atoms with E-state index in [9.17, 15) is 23.3 Å². The summed E-state index contributed by atoms with van der Waals surface area (Å²) >= 11 is 0. The average Bonchev–Trinajstić information content (AvgIpc) is 2.60. The van der Waals surface area contributed by atoms with E-state index in [1.54, 1.807) is 6.07 Å². The van der Waals surface area contributed by atoms with Crippen LogP contribution in [0.4, 0.5) is 5.69 Å². The number of hydrogen-bond acceptors (Lipinski definition) is 6. The van der Waals surface area contributed by atoms with Crippen LogP contribution in [0.3, 0.4) is 0 Å². The Labute approximate surface area is 164 Å². The lowest BCUT2D eigenvalue weighted by atomic mass is 9.99. The minimum atomic E-state index is -4.09. The highest BCUT2D eigenvalue weighted by molar-refractivity contribution is 7.89. The second kappa shape index (κ2) is 9.45. The summed E-state index contributed by atoms with van der Waals surface area (Å²) in [6, 6.07) is 3.09. The van der Waals surface area contributed by atoms with Crippen molar-refractivity contribution in [1.29, 1.82) is 0 Å². The highest BCUT2D eigenvalue weighted by Crippen LogP contribution is 2.34. The number of nitrogens with zero attached hydrogens (tertiary/aromatic N) is 2. The van der Waals surface area contributed by atoms with Gasteiger partial charge in [0, 0.05) is 31.7 Å². The molecule has 1 saturated heterocycles. The van der Waals surface area contributed by atoms with Gasteiger partial charge in [0.15, 0.2) is 4.90 Å². The number of hydrogen-bond donors (Lipinski definition) is 2. The van der Waals surface area contributed by atoms with Gasteiger partial charge in [0.25, 0.3) is 5.69 Å². The molecule has 2 rings (SSSR count). The van der Waals surface area contributed by atoms with Crippen molar-refractivity contribution < 1.29 is 18.1 Å². The van der Waals surface area contributed by atoms with Crippen LogP contribution in [0.1, 0.15) is 24.0 Å². The monoisotopic (exact) mass is 420 g/mol. The van der Waals surface area contributed by atoms with Gasteiger partial charge in [0.1, 0.15) is 0 Å². The molecular weight excluding hydrogens is 396 g/mol. The van der Waals surface area contributed by atoms with Gasteiger partial charge in [-0.3, -0.25) is 14.9 Å². The number of nitrogens with two attached hydrogens (primary N) is 1. The molecule has 1 aromatic rings. The van der Waals surface area contributed by atoms with E-state index in [-0.39, 0.29) is 41.9 Å². The van der Waals surface area contributed by atoms with E-state index >= 15 is 0 Å². The van der Waals surface area contributed by atoms with Gasteiger partial charge in [-0.1, -0.05) is 12.1 Å². The number of carbonyl (C=O) groups excluding carboxylic acids is 1. The van der Waals surface area contributed by atoms with Gasteiger partial charge < -0.3 is 11.1 Å². The van der Waals surface area contributed by atoms with Crippen LogP contribution in [0.15, 0.2) is 17.0 Å². The van der Waals surface area contributed by atoms with Gasteiger partial charge in [-0.15, -0.1) is 12.4 Å². The fourth-order valence-corrected chi connectivity index (χ4v) is 5.13. The summed E-state index contributed by atoms with van der Waals surface area (Å²) in [5.74, 6) is -0.736. The molecule has 11 heteroatoms. The van der Waals surface area contributed by atoms with Crippen LogP contribution in [0.2, 0.25) is 0 Å². The number of halogens is 1. The highest BCUT2D eigenvalue weighted by atomic mass is 35.5. The van der Waals surface area contributed by atoms with Crippen LogP contribution in [-0.4, -0.2) is 49.7 Å². The molecule has 9 nitrogen and oxygen atoms in total. The van der Waals surface area contributed by atoms with Gasteiger partial charge in [0.2, 0.25) is 15.9 Å². The zero-order valence-electron chi connectivity index (χ0n) is 15.3. The summed E-state index contributed by atoms with van der Waals surface area (Å²) in [6.07, 6.45) is 1.08. The predicted molar refractivity (Wildman–Crippen MR) is 103 cm³/mol. The minimum Gasteiger partial charge on any atom is -0.355 e. The highest BCUT2D eigenvalue weighted by Gasteiger charge is 2.38. The van der Waals surface area contributed by atoms with Crippen molar-refractivity contribution in [3.05, 3.63) is 33.4 Å². The fourth-order valence-electron chi connectivity index (χ4n) is 3.17. The SMILES string of the molecule is Cc1ccc(C)c(S(=O)(=O)N2CCCC(C(=O)NCCN)C2)c1[N+](=O)[O-].Cl. The van der Waals surface area contributed by atoms with E-state index in [4.69, 9.17) is 5.73 Å². The lowest BCUT2D eigenvalue weighted by Crippen LogP contribution is -2.46. The number of nitrogens with one attached hydrogen (secondary N) is 1. The molecule has 1 amide bonds. The largest absolute Gasteiger partial charge is 0.355 e. The molecule has 0 radical (unpaired) electrons. The van der Waals surface area contributed by atoms with E-state index in [1.807, 2.05) is 0 Å². The normalized spacial score (nSPS) is 17.8. The van der Waals surface area contributed by atoms with Crippen LogP contribution in [-0.2, 0) is 14.8 Å². The molecule has 1 aliphatic rings. The standard InChI is InChI=1S/C16H24N4O5S.ClH/c1-11-5-6-12(2)15(14(11)20(22)23)26(24,25)19-9-3-4-13(10-19)16(21)18-8-7-17;/h5-6,13H,3-4,7-10,17H2,1-2H3,(H,18,21);1H. The number of carbonyl (C=O) groups is 1. The second-order valence-electron chi connectivity index (χ2n) is 6.42. The average molecular weight is 421 g/mol. The number of sulfonamides is 1. The maximum atomic E-state index is 13.1. The molecule has 0 aromatic heterocycles. The Morgan fingerprint density at radius 1 is 1.37 bits per heavy atom. The first kappa shape index (κ1) is 23.3. The Bertz CT molecular complexity index is 815. The Balaban J connectivity index is 0.00000364. The molecule has 1 aromatic carbocycles. The topological polar surface area (TPSA) is 136 Å². The molecule has 1 atom stereocenters. The van der Waals surface area contributed by atoms with Crippen LogP contribution in [0.25, 0.3) is 0 Å². The Morgan fingerprint density at radius 2 is 2.00 bits per heavy atom. The molecule has 0 saturated carbocycles. The molecule has 1 heterocycles. The van der Waals surface area contributed by atoms with E-state index in [2.05, 4.69) is 5.32 Å². The fraction of sp³-hybridized carbons (Fsp3) is 0.562. The summed E-state index contributed by atoms with van der Waals surface area (Å²) in [4.78, 5) is 22.7. The van der Waals surface area contributed by atoms with Crippen molar-refractivity contribution in [2.24, 2.45) is 11.7 Å². The molecule has 152 valence electrons. The molecule has 27 heavy (non-hydrogen) atoms. The number of nitro benzene ring substituents is 1. The van der Waals surface area contributed by atoms with Crippen molar-refractivity contribution >= 4 is 34.0 Å². The number of benzene rings is 1. The molecule has 1 aliphatic heterocycles. The lowest BCUT2D eigenvalue weighted by molar-refractivity contribution is -0.388. The van der Waals surface area contributed by atoms with E-state index in [0.29, 0.717) is 31.5 Å².